The van der Waals surface area contributed by atoms with E-state index >= 15 is 0 Å². The lowest BCUT2D eigenvalue weighted by molar-refractivity contribution is 0.0971. The smallest absolute Gasteiger partial charge is 0.177 e. The van der Waals surface area contributed by atoms with Gasteiger partial charge in [-0.1, -0.05) is 23.7 Å². The summed E-state index contributed by atoms with van der Waals surface area (Å²) in [4.78, 5) is 12.0. The van der Waals surface area contributed by atoms with Gasteiger partial charge in [0.2, 0.25) is 0 Å². The Morgan fingerprint density at radius 1 is 1.32 bits per heavy atom. The topological polar surface area (TPSA) is 60.4 Å². The fraction of sp³-hybridized carbons (Fsp3) is 0.462. The van der Waals surface area contributed by atoms with Crippen LogP contribution in [-0.4, -0.2) is 38.4 Å². The van der Waals surface area contributed by atoms with Gasteiger partial charge in [-0.3, -0.25) is 4.79 Å². The Morgan fingerprint density at radius 2 is 2.00 bits per heavy atom. The van der Waals surface area contributed by atoms with Gasteiger partial charge in [-0.05, 0) is 25.0 Å². The highest BCUT2D eigenvalue weighted by Gasteiger charge is 2.30. The summed E-state index contributed by atoms with van der Waals surface area (Å²) >= 11 is 5.79. The van der Waals surface area contributed by atoms with Crippen molar-refractivity contribution in [2.75, 3.05) is 19.0 Å². The number of sulfone groups is 1. The van der Waals surface area contributed by atoms with Crippen molar-refractivity contribution in [3.63, 3.8) is 0 Å². The summed E-state index contributed by atoms with van der Waals surface area (Å²) in [6, 6.07) is 6.35. The molecule has 0 amide bonds. The highest BCUT2D eigenvalue weighted by atomic mass is 35.5. The summed E-state index contributed by atoms with van der Waals surface area (Å²) in [5.74, 6) is -0.869. The van der Waals surface area contributed by atoms with Gasteiger partial charge in [0, 0.05) is 23.8 Å². The third-order valence-corrected chi connectivity index (χ3v) is 5.54. The van der Waals surface area contributed by atoms with Gasteiger partial charge in [0.25, 0.3) is 0 Å². The average molecular weight is 303 g/mol. The minimum Gasteiger partial charge on any atom is -0.381 e. The molecule has 2 rings (SSSR count). The van der Waals surface area contributed by atoms with Crippen molar-refractivity contribution in [2.24, 2.45) is 0 Å². The van der Waals surface area contributed by atoms with Crippen LogP contribution in [0.4, 0.5) is 0 Å². The molecule has 1 heterocycles. The zero-order valence-electron chi connectivity index (χ0n) is 10.3. The van der Waals surface area contributed by atoms with Crippen molar-refractivity contribution in [3.8, 4) is 0 Å². The number of ether oxygens (including phenoxy) is 1. The monoisotopic (exact) mass is 302 g/mol. The van der Waals surface area contributed by atoms with Crippen LogP contribution in [0.25, 0.3) is 0 Å². The normalized spacial score (nSPS) is 17.3. The Bertz CT molecular complexity index is 562. The molecule has 0 spiro atoms. The number of rotatable bonds is 4. The predicted molar refractivity (Wildman–Crippen MR) is 73.4 cm³/mol. The van der Waals surface area contributed by atoms with E-state index in [1.807, 2.05) is 0 Å². The zero-order valence-corrected chi connectivity index (χ0v) is 11.9. The standard InChI is InChI=1S/C13H15ClO4S/c14-11-3-1-2-10(8-11)13(15)9-19(16,17)12-4-6-18-7-5-12/h1-3,8,12H,4-7,9H2. The van der Waals surface area contributed by atoms with E-state index < -0.39 is 26.6 Å². The Hall–Kier alpha value is -0.910. The van der Waals surface area contributed by atoms with E-state index in [4.69, 9.17) is 16.3 Å². The van der Waals surface area contributed by atoms with Crippen LogP contribution in [0.2, 0.25) is 5.02 Å². The Balaban J connectivity index is 2.09. The van der Waals surface area contributed by atoms with Crippen molar-refractivity contribution >= 4 is 27.2 Å². The highest BCUT2D eigenvalue weighted by molar-refractivity contribution is 7.92. The van der Waals surface area contributed by atoms with Crippen LogP contribution in [0.3, 0.4) is 0 Å². The number of halogens is 1. The Morgan fingerprint density at radius 3 is 2.63 bits per heavy atom. The largest absolute Gasteiger partial charge is 0.381 e. The first-order valence-electron chi connectivity index (χ1n) is 6.07. The summed E-state index contributed by atoms with van der Waals surface area (Å²) in [5.41, 5.74) is 0.336. The number of carbonyl (C=O) groups excluding carboxylic acids is 1. The van der Waals surface area contributed by atoms with Crippen LogP contribution < -0.4 is 0 Å². The third kappa shape index (κ3) is 3.78. The van der Waals surface area contributed by atoms with Gasteiger partial charge in [-0.15, -0.1) is 0 Å². The molecule has 19 heavy (non-hydrogen) atoms. The van der Waals surface area contributed by atoms with Gasteiger partial charge >= 0.3 is 0 Å². The molecule has 0 N–H and O–H groups in total. The average Bonchev–Trinajstić information content (AvgIpc) is 2.39. The molecule has 0 aliphatic carbocycles. The molecule has 1 aliphatic heterocycles. The number of carbonyl (C=O) groups is 1. The number of ketones is 1. The van der Waals surface area contributed by atoms with Crippen LogP contribution in [-0.2, 0) is 14.6 Å². The van der Waals surface area contributed by atoms with Crippen LogP contribution in [0.1, 0.15) is 23.2 Å². The van der Waals surface area contributed by atoms with Crippen LogP contribution in [0, 0.1) is 0 Å². The van der Waals surface area contributed by atoms with Gasteiger partial charge in [-0.25, -0.2) is 8.42 Å². The van der Waals surface area contributed by atoms with Gasteiger partial charge in [0.05, 0.1) is 5.25 Å². The Labute approximate surface area is 117 Å². The number of Topliss-reactive ketones (excluding diaryl/α,β-unsaturated/α-hetero) is 1. The van der Waals surface area contributed by atoms with E-state index in [1.165, 1.54) is 6.07 Å². The molecule has 1 aliphatic rings. The first-order valence-corrected chi connectivity index (χ1v) is 8.16. The summed E-state index contributed by atoms with van der Waals surface area (Å²) in [5, 5.41) is -0.0429. The molecule has 1 fully saturated rings. The molecule has 0 unspecified atom stereocenters. The fourth-order valence-electron chi connectivity index (χ4n) is 2.08. The van der Waals surface area contributed by atoms with Gasteiger partial charge in [0.15, 0.2) is 15.6 Å². The second kappa shape index (κ2) is 6.03. The summed E-state index contributed by atoms with van der Waals surface area (Å²) in [6.45, 7) is 0.879. The van der Waals surface area contributed by atoms with Crippen molar-refractivity contribution in [1.29, 1.82) is 0 Å². The molecule has 1 aromatic rings. The number of hydrogen-bond acceptors (Lipinski definition) is 4. The maximum Gasteiger partial charge on any atom is 0.177 e. The van der Waals surface area contributed by atoms with Crippen molar-refractivity contribution in [3.05, 3.63) is 34.9 Å². The molecule has 0 bridgehead atoms. The van der Waals surface area contributed by atoms with E-state index in [9.17, 15) is 13.2 Å². The van der Waals surface area contributed by atoms with Crippen molar-refractivity contribution < 1.29 is 17.9 Å². The first kappa shape index (κ1) is 14.5. The summed E-state index contributed by atoms with van der Waals surface area (Å²) < 4.78 is 29.4. The second-order valence-electron chi connectivity index (χ2n) is 4.55. The SMILES string of the molecule is O=C(CS(=O)(=O)C1CCOCC1)c1cccc(Cl)c1. The maximum atomic E-state index is 12.1. The lowest BCUT2D eigenvalue weighted by Crippen LogP contribution is -2.33. The summed E-state index contributed by atoms with van der Waals surface area (Å²) in [7, 11) is -3.42. The molecular weight excluding hydrogens is 288 g/mol. The molecule has 1 aromatic carbocycles. The lowest BCUT2D eigenvalue weighted by atomic mass is 10.1. The highest BCUT2D eigenvalue weighted by Crippen LogP contribution is 2.18. The van der Waals surface area contributed by atoms with Crippen LogP contribution >= 0.6 is 11.6 Å². The Kier molecular flexibility index (Phi) is 4.60. The quantitative estimate of drug-likeness (QED) is 0.799. The molecule has 0 atom stereocenters. The molecular formula is C13H15ClO4S. The lowest BCUT2D eigenvalue weighted by Gasteiger charge is -2.21. The molecule has 0 saturated carbocycles. The van der Waals surface area contributed by atoms with E-state index in [2.05, 4.69) is 0 Å². The number of benzene rings is 1. The third-order valence-electron chi connectivity index (χ3n) is 3.16. The van der Waals surface area contributed by atoms with E-state index in [-0.39, 0.29) is 0 Å². The van der Waals surface area contributed by atoms with Crippen LogP contribution in [0.15, 0.2) is 24.3 Å². The molecule has 0 radical (unpaired) electrons. The maximum absolute atomic E-state index is 12.1. The minimum absolute atomic E-state index is 0.336. The van der Waals surface area contributed by atoms with E-state index in [0.29, 0.717) is 36.6 Å². The van der Waals surface area contributed by atoms with Gasteiger partial charge < -0.3 is 4.74 Å². The number of hydrogen-bond donors (Lipinski definition) is 0. The fourth-order valence-corrected chi connectivity index (χ4v) is 3.95. The predicted octanol–water partition coefficient (Wildman–Crippen LogP) is 2.12. The van der Waals surface area contributed by atoms with Gasteiger partial charge in [0.1, 0.15) is 5.75 Å². The van der Waals surface area contributed by atoms with Crippen molar-refractivity contribution in [1.82, 2.24) is 0 Å². The zero-order chi connectivity index (χ0) is 13.9. The van der Waals surface area contributed by atoms with Gasteiger partial charge in [-0.2, -0.15) is 0 Å². The summed E-state index contributed by atoms with van der Waals surface area (Å²) in [6.07, 6.45) is 0.927. The first-order chi connectivity index (χ1) is 8.99. The second-order valence-corrected chi connectivity index (χ2v) is 7.27. The molecule has 6 heteroatoms. The van der Waals surface area contributed by atoms with E-state index in [1.54, 1.807) is 18.2 Å². The molecule has 104 valence electrons. The van der Waals surface area contributed by atoms with Crippen molar-refractivity contribution in [2.45, 2.75) is 18.1 Å². The minimum atomic E-state index is -3.42. The molecule has 1 saturated heterocycles. The van der Waals surface area contributed by atoms with Crippen LogP contribution in [0.5, 0.6) is 0 Å². The van der Waals surface area contributed by atoms with E-state index in [0.717, 1.165) is 0 Å². The molecule has 0 aromatic heterocycles. The molecule has 4 nitrogen and oxygen atoms in total.